The Bertz CT molecular complexity index is 734. The number of anilines is 2. The van der Waals surface area contributed by atoms with Crippen LogP contribution in [0.1, 0.15) is 10.4 Å². The zero-order valence-corrected chi connectivity index (χ0v) is 13.8. The highest BCUT2D eigenvalue weighted by Crippen LogP contribution is 2.36. The van der Waals surface area contributed by atoms with E-state index in [1.807, 2.05) is 12.1 Å². The van der Waals surface area contributed by atoms with Crippen molar-refractivity contribution in [1.29, 1.82) is 0 Å². The summed E-state index contributed by atoms with van der Waals surface area (Å²) in [6, 6.07) is 8.68. The van der Waals surface area contributed by atoms with Crippen LogP contribution in [0.15, 0.2) is 39.3 Å². The number of nitrogens with two attached hydrogens (primary N) is 1. The molecule has 0 bridgehead atoms. The number of fused-ring (bicyclic) bond motifs is 1. The van der Waals surface area contributed by atoms with Crippen LogP contribution in [0.3, 0.4) is 0 Å². The zero-order valence-electron chi connectivity index (χ0n) is 10.7. The predicted molar refractivity (Wildman–Crippen MR) is 86.8 cm³/mol. The topological polar surface area (TPSA) is 73.6 Å². The van der Waals surface area contributed by atoms with Gasteiger partial charge in [0.05, 0.1) is 11.3 Å². The number of carbonyl (C=O) groups excluding carboxylic acids is 1. The number of hydrogen-bond acceptors (Lipinski definition) is 4. The van der Waals surface area contributed by atoms with E-state index in [0.29, 0.717) is 28.4 Å². The van der Waals surface area contributed by atoms with E-state index >= 15 is 0 Å². The third-order valence-electron chi connectivity index (χ3n) is 2.97. The van der Waals surface area contributed by atoms with E-state index in [4.69, 9.17) is 15.2 Å². The first-order chi connectivity index (χ1) is 10.0. The van der Waals surface area contributed by atoms with Crippen molar-refractivity contribution in [3.05, 3.63) is 44.8 Å². The SMILES string of the molecule is Nc1cc2c(cc1C(=O)Nc1cc(Br)ccc1Br)OCO2. The average Bonchev–Trinajstić information content (AvgIpc) is 2.89. The lowest BCUT2D eigenvalue weighted by molar-refractivity contribution is 0.102. The fourth-order valence-corrected chi connectivity index (χ4v) is 2.64. The maximum absolute atomic E-state index is 12.4. The second-order valence-electron chi connectivity index (χ2n) is 4.37. The molecule has 0 aliphatic carbocycles. The molecule has 21 heavy (non-hydrogen) atoms. The third kappa shape index (κ3) is 2.84. The molecule has 0 unspecified atom stereocenters. The number of hydrogen-bond donors (Lipinski definition) is 2. The molecular formula is C14H10Br2N2O3. The fraction of sp³-hybridized carbons (Fsp3) is 0.0714. The van der Waals surface area contributed by atoms with Gasteiger partial charge >= 0.3 is 0 Å². The van der Waals surface area contributed by atoms with Crippen LogP contribution in [0.2, 0.25) is 0 Å². The van der Waals surface area contributed by atoms with Gasteiger partial charge in [0, 0.05) is 20.7 Å². The Morgan fingerprint density at radius 3 is 2.62 bits per heavy atom. The van der Waals surface area contributed by atoms with E-state index in [9.17, 15) is 4.79 Å². The monoisotopic (exact) mass is 412 g/mol. The molecule has 3 N–H and O–H groups in total. The minimum atomic E-state index is -0.315. The van der Waals surface area contributed by atoms with Crippen molar-refractivity contribution in [1.82, 2.24) is 0 Å². The molecule has 0 atom stereocenters. The molecule has 5 nitrogen and oxygen atoms in total. The number of nitrogens with one attached hydrogen (secondary N) is 1. The Kier molecular flexibility index (Phi) is 3.77. The largest absolute Gasteiger partial charge is 0.454 e. The van der Waals surface area contributed by atoms with Gasteiger partial charge in [0.25, 0.3) is 5.91 Å². The van der Waals surface area contributed by atoms with Gasteiger partial charge in [0.1, 0.15) is 0 Å². The van der Waals surface area contributed by atoms with Gasteiger partial charge in [-0.05, 0) is 40.2 Å². The van der Waals surface area contributed by atoms with Gasteiger partial charge in [0.15, 0.2) is 11.5 Å². The lowest BCUT2D eigenvalue weighted by atomic mass is 10.1. The van der Waals surface area contributed by atoms with E-state index < -0.39 is 0 Å². The Labute approximate surface area is 137 Å². The van der Waals surface area contributed by atoms with Crippen molar-refractivity contribution < 1.29 is 14.3 Å². The first kappa shape index (κ1) is 14.2. The summed E-state index contributed by atoms with van der Waals surface area (Å²) in [4.78, 5) is 12.4. The van der Waals surface area contributed by atoms with Crippen LogP contribution in [0, 0.1) is 0 Å². The van der Waals surface area contributed by atoms with Crippen molar-refractivity contribution in [3.63, 3.8) is 0 Å². The zero-order chi connectivity index (χ0) is 15.0. The molecule has 2 aromatic rings. The van der Waals surface area contributed by atoms with E-state index in [0.717, 1.165) is 8.95 Å². The van der Waals surface area contributed by atoms with Crippen LogP contribution in [0.25, 0.3) is 0 Å². The molecule has 0 saturated heterocycles. The van der Waals surface area contributed by atoms with Gasteiger partial charge in [0.2, 0.25) is 6.79 Å². The first-order valence-electron chi connectivity index (χ1n) is 6.00. The van der Waals surface area contributed by atoms with Gasteiger partial charge in [-0.2, -0.15) is 0 Å². The predicted octanol–water partition coefficient (Wildman–Crippen LogP) is 3.77. The van der Waals surface area contributed by atoms with Crippen LogP contribution in [-0.4, -0.2) is 12.7 Å². The second kappa shape index (κ2) is 5.57. The molecule has 0 spiro atoms. The summed E-state index contributed by atoms with van der Waals surface area (Å²) >= 11 is 6.75. The number of rotatable bonds is 2. The van der Waals surface area contributed by atoms with Gasteiger partial charge in [-0.15, -0.1) is 0 Å². The fourth-order valence-electron chi connectivity index (χ4n) is 1.94. The van der Waals surface area contributed by atoms with E-state index in [-0.39, 0.29) is 12.7 Å². The lowest BCUT2D eigenvalue weighted by Crippen LogP contribution is -2.14. The van der Waals surface area contributed by atoms with E-state index in [1.54, 1.807) is 18.2 Å². The van der Waals surface area contributed by atoms with Crippen molar-refractivity contribution in [3.8, 4) is 11.5 Å². The lowest BCUT2D eigenvalue weighted by Gasteiger charge is -2.10. The second-order valence-corrected chi connectivity index (χ2v) is 6.14. The average molecular weight is 414 g/mol. The van der Waals surface area contributed by atoms with Gasteiger partial charge in [-0.3, -0.25) is 4.79 Å². The Hall–Kier alpha value is -1.73. The normalized spacial score (nSPS) is 12.3. The number of benzene rings is 2. The highest BCUT2D eigenvalue weighted by atomic mass is 79.9. The van der Waals surface area contributed by atoms with Crippen LogP contribution in [0.5, 0.6) is 11.5 Å². The van der Waals surface area contributed by atoms with Crippen molar-refractivity contribution in [2.75, 3.05) is 17.8 Å². The minimum absolute atomic E-state index is 0.136. The maximum atomic E-state index is 12.4. The highest BCUT2D eigenvalue weighted by molar-refractivity contribution is 9.11. The van der Waals surface area contributed by atoms with Gasteiger partial charge in [-0.25, -0.2) is 0 Å². The molecule has 108 valence electrons. The standard InChI is InChI=1S/C14H10Br2N2O3/c15-7-1-2-9(16)11(3-7)18-14(19)8-4-12-13(5-10(8)17)21-6-20-12/h1-5H,6,17H2,(H,18,19). The molecule has 1 aliphatic heterocycles. The summed E-state index contributed by atoms with van der Waals surface area (Å²) in [5.74, 6) is 0.750. The number of ether oxygens (including phenoxy) is 2. The van der Waals surface area contributed by atoms with Crippen LogP contribution in [0.4, 0.5) is 11.4 Å². The van der Waals surface area contributed by atoms with Gasteiger partial charge in [-0.1, -0.05) is 15.9 Å². The first-order valence-corrected chi connectivity index (χ1v) is 7.59. The molecule has 7 heteroatoms. The summed E-state index contributed by atoms with van der Waals surface area (Å²) < 4.78 is 12.1. The van der Waals surface area contributed by atoms with Crippen molar-refractivity contribution >= 4 is 49.1 Å². The molecule has 1 aliphatic rings. The van der Waals surface area contributed by atoms with Crippen LogP contribution < -0.4 is 20.5 Å². The summed E-state index contributed by atoms with van der Waals surface area (Å²) in [6.07, 6.45) is 0. The van der Waals surface area contributed by atoms with Crippen LogP contribution in [-0.2, 0) is 0 Å². The number of carbonyl (C=O) groups is 1. The summed E-state index contributed by atoms with van der Waals surface area (Å²) in [5.41, 5.74) is 7.22. The third-order valence-corrected chi connectivity index (χ3v) is 4.15. The molecule has 0 fully saturated rings. The molecule has 3 rings (SSSR count). The van der Waals surface area contributed by atoms with Crippen molar-refractivity contribution in [2.45, 2.75) is 0 Å². The van der Waals surface area contributed by atoms with Crippen LogP contribution >= 0.6 is 31.9 Å². The highest BCUT2D eigenvalue weighted by Gasteiger charge is 2.20. The summed E-state index contributed by atoms with van der Waals surface area (Å²) in [7, 11) is 0. The van der Waals surface area contributed by atoms with E-state index in [2.05, 4.69) is 37.2 Å². The molecule has 1 amide bonds. The minimum Gasteiger partial charge on any atom is -0.454 e. The summed E-state index contributed by atoms with van der Waals surface area (Å²) in [6.45, 7) is 0.136. The van der Waals surface area contributed by atoms with Gasteiger partial charge < -0.3 is 20.5 Å². The maximum Gasteiger partial charge on any atom is 0.257 e. The molecule has 2 aromatic carbocycles. The number of nitrogen functional groups attached to an aromatic ring is 1. The smallest absolute Gasteiger partial charge is 0.257 e. The molecule has 0 saturated carbocycles. The molecular weight excluding hydrogens is 404 g/mol. The molecule has 1 heterocycles. The quantitative estimate of drug-likeness (QED) is 0.735. The molecule has 0 radical (unpaired) electrons. The Balaban J connectivity index is 1.91. The van der Waals surface area contributed by atoms with E-state index in [1.165, 1.54) is 0 Å². The Morgan fingerprint density at radius 1 is 1.14 bits per heavy atom. The summed E-state index contributed by atoms with van der Waals surface area (Å²) in [5, 5.41) is 2.81. The number of halogens is 2. The molecule has 0 aromatic heterocycles. The van der Waals surface area contributed by atoms with Crippen molar-refractivity contribution in [2.24, 2.45) is 0 Å². The number of amides is 1. The Morgan fingerprint density at radius 2 is 1.86 bits per heavy atom.